The van der Waals surface area contributed by atoms with Crippen molar-refractivity contribution in [3.05, 3.63) is 47.6 Å². The maximum atomic E-state index is 12.2. The van der Waals surface area contributed by atoms with Crippen LogP contribution in [0.25, 0.3) is 0 Å². The monoisotopic (exact) mass is 258 g/mol. The molecule has 1 aromatic heterocycles. The van der Waals surface area contributed by atoms with E-state index >= 15 is 0 Å². The number of nitrogens with zero attached hydrogens (tertiary/aromatic N) is 2. The SMILES string of the molecule is O=C(NCc1ncon1)C1NCCc2ccccc21. The molecule has 0 saturated carbocycles. The van der Waals surface area contributed by atoms with Gasteiger partial charge in [0.05, 0.1) is 6.54 Å². The third kappa shape index (κ3) is 2.48. The van der Waals surface area contributed by atoms with Crippen molar-refractivity contribution in [2.24, 2.45) is 0 Å². The molecule has 2 heterocycles. The lowest BCUT2D eigenvalue weighted by Gasteiger charge is -2.25. The summed E-state index contributed by atoms with van der Waals surface area (Å²) in [7, 11) is 0. The van der Waals surface area contributed by atoms with Crippen LogP contribution in [0.2, 0.25) is 0 Å². The van der Waals surface area contributed by atoms with E-state index in [0.717, 1.165) is 18.5 Å². The fraction of sp³-hybridized carbons (Fsp3) is 0.308. The van der Waals surface area contributed by atoms with E-state index in [0.29, 0.717) is 5.82 Å². The van der Waals surface area contributed by atoms with Crippen molar-refractivity contribution in [1.29, 1.82) is 0 Å². The zero-order valence-electron chi connectivity index (χ0n) is 10.3. The highest BCUT2D eigenvalue weighted by atomic mass is 16.5. The lowest BCUT2D eigenvalue weighted by atomic mass is 9.94. The Kier molecular flexibility index (Phi) is 3.24. The molecule has 0 saturated heterocycles. The van der Waals surface area contributed by atoms with E-state index in [9.17, 15) is 4.79 Å². The van der Waals surface area contributed by atoms with Gasteiger partial charge in [0.15, 0.2) is 5.82 Å². The van der Waals surface area contributed by atoms with Gasteiger partial charge in [0.2, 0.25) is 12.3 Å². The second kappa shape index (κ2) is 5.19. The number of benzene rings is 1. The van der Waals surface area contributed by atoms with Crippen LogP contribution in [-0.4, -0.2) is 22.6 Å². The molecule has 1 atom stereocenters. The number of rotatable bonds is 3. The number of fused-ring (bicyclic) bond motifs is 1. The van der Waals surface area contributed by atoms with Crippen molar-refractivity contribution in [2.45, 2.75) is 19.0 Å². The highest BCUT2D eigenvalue weighted by Gasteiger charge is 2.25. The van der Waals surface area contributed by atoms with Crippen LogP contribution < -0.4 is 10.6 Å². The van der Waals surface area contributed by atoms with Gasteiger partial charge < -0.3 is 15.2 Å². The minimum atomic E-state index is -0.308. The molecular weight excluding hydrogens is 244 g/mol. The van der Waals surface area contributed by atoms with E-state index in [1.54, 1.807) is 0 Å². The lowest BCUT2D eigenvalue weighted by Crippen LogP contribution is -2.41. The van der Waals surface area contributed by atoms with Gasteiger partial charge in [-0.3, -0.25) is 4.79 Å². The van der Waals surface area contributed by atoms with Gasteiger partial charge >= 0.3 is 0 Å². The first kappa shape index (κ1) is 11.9. The van der Waals surface area contributed by atoms with Gasteiger partial charge in [-0.15, -0.1) is 0 Å². The van der Waals surface area contributed by atoms with E-state index in [1.165, 1.54) is 12.0 Å². The maximum Gasteiger partial charge on any atom is 0.242 e. The molecule has 0 bridgehead atoms. The highest BCUT2D eigenvalue weighted by molar-refractivity contribution is 5.83. The maximum absolute atomic E-state index is 12.2. The molecule has 0 radical (unpaired) electrons. The molecule has 1 unspecified atom stereocenters. The zero-order chi connectivity index (χ0) is 13.1. The molecular formula is C13H14N4O2. The van der Waals surface area contributed by atoms with Crippen molar-refractivity contribution >= 4 is 5.91 Å². The summed E-state index contributed by atoms with van der Waals surface area (Å²) in [5.74, 6) is 0.398. The van der Waals surface area contributed by atoms with Crippen molar-refractivity contribution in [2.75, 3.05) is 6.54 Å². The van der Waals surface area contributed by atoms with Crippen LogP contribution in [0.15, 0.2) is 35.2 Å². The Hall–Kier alpha value is -2.21. The van der Waals surface area contributed by atoms with Crippen LogP contribution >= 0.6 is 0 Å². The molecule has 2 aromatic rings. The molecule has 2 N–H and O–H groups in total. The van der Waals surface area contributed by atoms with Crippen LogP contribution in [0.1, 0.15) is 23.0 Å². The summed E-state index contributed by atoms with van der Waals surface area (Å²) in [5.41, 5.74) is 2.26. The summed E-state index contributed by atoms with van der Waals surface area (Å²) in [5, 5.41) is 9.69. The standard InChI is InChI=1S/C13H14N4O2/c18-13(15-7-11-16-8-19-17-11)12-10-4-2-1-3-9(10)5-6-14-12/h1-4,8,12,14H,5-7H2,(H,15,18). The Labute approximate surface area is 110 Å². The normalized spacial score (nSPS) is 17.8. The van der Waals surface area contributed by atoms with Crippen LogP contribution in [0.5, 0.6) is 0 Å². The van der Waals surface area contributed by atoms with Crippen LogP contribution in [0.4, 0.5) is 0 Å². The predicted molar refractivity (Wildman–Crippen MR) is 67.0 cm³/mol. The topological polar surface area (TPSA) is 80.1 Å². The number of hydrogen-bond acceptors (Lipinski definition) is 5. The van der Waals surface area contributed by atoms with Gasteiger partial charge in [-0.25, -0.2) is 0 Å². The van der Waals surface area contributed by atoms with Gasteiger partial charge in [0, 0.05) is 6.54 Å². The van der Waals surface area contributed by atoms with Crippen LogP contribution in [-0.2, 0) is 17.8 Å². The van der Waals surface area contributed by atoms with Gasteiger partial charge in [-0.05, 0) is 17.5 Å². The Bertz CT molecular complexity index is 568. The van der Waals surface area contributed by atoms with Crippen molar-refractivity contribution in [1.82, 2.24) is 20.8 Å². The first-order chi connectivity index (χ1) is 9.34. The third-order valence-electron chi connectivity index (χ3n) is 3.20. The molecule has 1 aliphatic heterocycles. The number of hydrogen-bond donors (Lipinski definition) is 2. The molecule has 6 nitrogen and oxygen atoms in total. The largest absolute Gasteiger partial charge is 0.347 e. The first-order valence-corrected chi connectivity index (χ1v) is 6.19. The fourth-order valence-corrected chi connectivity index (χ4v) is 2.28. The minimum absolute atomic E-state index is 0.0723. The summed E-state index contributed by atoms with van der Waals surface area (Å²) < 4.78 is 4.62. The van der Waals surface area contributed by atoms with Crippen molar-refractivity contribution in [3.63, 3.8) is 0 Å². The van der Waals surface area contributed by atoms with Crippen LogP contribution in [0, 0.1) is 0 Å². The van der Waals surface area contributed by atoms with E-state index in [1.807, 2.05) is 18.2 Å². The number of carbonyl (C=O) groups is 1. The van der Waals surface area contributed by atoms with Crippen molar-refractivity contribution in [3.8, 4) is 0 Å². The highest BCUT2D eigenvalue weighted by Crippen LogP contribution is 2.22. The summed E-state index contributed by atoms with van der Waals surface area (Å²) >= 11 is 0. The number of amides is 1. The molecule has 1 aliphatic rings. The summed E-state index contributed by atoms with van der Waals surface area (Å²) in [6.07, 6.45) is 2.19. The lowest BCUT2D eigenvalue weighted by molar-refractivity contribution is -0.123. The van der Waals surface area contributed by atoms with Crippen molar-refractivity contribution < 1.29 is 9.32 Å². The van der Waals surface area contributed by atoms with Gasteiger partial charge in [-0.1, -0.05) is 29.4 Å². The van der Waals surface area contributed by atoms with E-state index in [2.05, 4.69) is 31.4 Å². The van der Waals surface area contributed by atoms with Gasteiger partial charge in [0.1, 0.15) is 6.04 Å². The molecule has 19 heavy (non-hydrogen) atoms. The van der Waals surface area contributed by atoms with Gasteiger partial charge in [0.25, 0.3) is 0 Å². The molecule has 0 aliphatic carbocycles. The second-order valence-corrected chi connectivity index (χ2v) is 4.40. The first-order valence-electron chi connectivity index (χ1n) is 6.19. The van der Waals surface area contributed by atoms with E-state index in [4.69, 9.17) is 0 Å². The smallest absolute Gasteiger partial charge is 0.242 e. The average Bonchev–Trinajstić information content (AvgIpc) is 2.97. The van der Waals surface area contributed by atoms with E-state index in [-0.39, 0.29) is 18.5 Å². The summed E-state index contributed by atoms with van der Waals surface area (Å²) in [4.78, 5) is 16.1. The zero-order valence-corrected chi connectivity index (χ0v) is 10.3. The Morgan fingerprint density at radius 1 is 1.47 bits per heavy atom. The number of nitrogens with one attached hydrogen (secondary N) is 2. The molecule has 1 amide bonds. The fourth-order valence-electron chi connectivity index (χ4n) is 2.28. The third-order valence-corrected chi connectivity index (χ3v) is 3.20. The quantitative estimate of drug-likeness (QED) is 0.841. The summed E-state index contributed by atoms with van der Waals surface area (Å²) in [6, 6.07) is 7.69. The second-order valence-electron chi connectivity index (χ2n) is 4.40. The predicted octanol–water partition coefficient (Wildman–Crippen LogP) is 0.573. The number of carbonyl (C=O) groups excluding carboxylic acids is 1. The van der Waals surface area contributed by atoms with E-state index < -0.39 is 0 Å². The molecule has 6 heteroatoms. The summed E-state index contributed by atoms with van der Waals surface area (Å²) in [6.45, 7) is 1.08. The Morgan fingerprint density at radius 2 is 2.37 bits per heavy atom. The average molecular weight is 258 g/mol. The minimum Gasteiger partial charge on any atom is -0.347 e. The molecule has 0 fully saturated rings. The van der Waals surface area contributed by atoms with Crippen LogP contribution in [0.3, 0.4) is 0 Å². The Balaban J connectivity index is 1.71. The molecule has 98 valence electrons. The molecule has 1 aromatic carbocycles. The molecule has 0 spiro atoms. The number of aromatic nitrogens is 2. The molecule has 3 rings (SSSR count). The van der Waals surface area contributed by atoms with Gasteiger partial charge in [-0.2, -0.15) is 4.98 Å². The Morgan fingerprint density at radius 3 is 3.21 bits per heavy atom.